The van der Waals surface area contributed by atoms with E-state index in [2.05, 4.69) is 15.6 Å². The van der Waals surface area contributed by atoms with E-state index in [4.69, 9.17) is 0 Å². The molecule has 3 N–H and O–H groups in total. The third-order valence-corrected chi connectivity index (χ3v) is 2.36. The van der Waals surface area contributed by atoms with E-state index in [9.17, 15) is 9.90 Å². The summed E-state index contributed by atoms with van der Waals surface area (Å²) in [7, 11) is 5.44. The number of anilines is 1. The number of amides is 1. The first-order chi connectivity index (χ1) is 8.54. The SMILES string of the molecule is CNc1ncccc1C(=O)NC[C@@H](O)CN(C)C. The van der Waals surface area contributed by atoms with Gasteiger partial charge in [0.1, 0.15) is 5.82 Å². The summed E-state index contributed by atoms with van der Waals surface area (Å²) in [6.07, 6.45) is 1.03. The van der Waals surface area contributed by atoms with Gasteiger partial charge >= 0.3 is 0 Å². The molecule has 1 aromatic heterocycles. The number of likely N-dealkylation sites (N-methyl/N-ethyl adjacent to an activating group) is 1. The van der Waals surface area contributed by atoms with E-state index in [0.29, 0.717) is 17.9 Å². The van der Waals surface area contributed by atoms with Gasteiger partial charge in [-0.25, -0.2) is 4.98 Å². The lowest BCUT2D eigenvalue weighted by molar-refractivity contribution is 0.0893. The molecule has 1 rings (SSSR count). The van der Waals surface area contributed by atoms with Crippen molar-refractivity contribution in [1.82, 2.24) is 15.2 Å². The van der Waals surface area contributed by atoms with Crippen molar-refractivity contribution < 1.29 is 9.90 Å². The Labute approximate surface area is 107 Å². The van der Waals surface area contributed by atoms with Gasteiger partial charge in [-0.2, -0.15) is 0 Å². The van der Waals surface area contributed by atoms with Crippen LogP contribution >= 0.6 is 0 Å². The third-order valence-electron chi connectivity index (χ3n) is 2.36. The van der Waals surface area contributed by atoms with Gasteiger partial charge in [0.25, 0.3) is 5.91 Å². The molecule has 0 spiro atoms. The van der Waals surface area contributed by atoms with E-state index >= 15 is 0 Å². The number of hydrogen-bond acceptors (Lipinski definition) is 5. The highest BCUT2D eigenvalue weighted by Crippen LogP contribution is 2.09. The monoisotopic (exact) mass is 252 g/mol. The van der Waals surface area contributed by atoms with Crippen LogP contribution in [0.2, 0.25) is 0 Å². The molecule has 100 valence electrons. The van der Waals surface area contributed by atoms with Gasteiger partial charge in [-0.05, 0) is 26.2 Å². The third kappa shape index (κ3) is 4.31. The molecule has 0 aliphatic heterocycles. The molecule has 1 heterocycles. The first kappa shape index (κ1) is 14.4. The van der Waals surface area contributed by atoms with Gasteiger partial charge in [0, 0.05) is 26.3 Å². The van der Waals surface area contributed by atoms with Crippen LogP contribution in [0.3, 0.4) is 0 Å². The topological polar surface area (TPSA) is 77.5 Å². The Bertz CT molecular complexity index is 395. The standard InChI is InChI=1S/C12H20N4O2/c1-13-11-10(5-4-6-14-11)12(18)15-7-9(17)8-16(2)3/h4-6,9,17H,7-8H2,1-3H3,(H,13,14)(H,15,18)/t9-/m1/s1. The number of pyridine rings is 1. The van der Waals surface area contributed by atoms with E-state index in [-0.39, 0.29) is 12.5 Å². The summed E-state index contributed by atoms with van der Waals surface area (Å²) in [4.78, 5) is 17.8. The first-order valence-electron chi connectivity index (χ1n) is 5.78. The second-order valence-electron chi connectivity index (χ2n) is 4.28. The van der Waals surface area contributed by atoms with Crippen molar-refractivity contribution in [2.75, 3.05) is 39.5 Å². The number of aliphatic hydroxyl groups excluding tert-OH is 1. The Balaban J connectivity index is 2.55. The van der Waals surface area contributed by atoms with Crippen molar-refractivity contribution in [3.8, 4) is 0 Å². The predicted octanol–water partition coefficient (Wildman–Crippen LogP) is -0.224. The minimum Gasteiger partial charge on any atom is -0.390 e. The quantitative estimate of drug-likeness (QED) is 0.652. The van der Waals surface area contributed by atoms with Crippen LogP contribution in [0.25, 0.3) is 0 Å². The van der Waals surface area contributed by atoms with Crippen molar-refractivity contribution in [2.24, 2.45) is 0 Å². The number of nitrogens with one attached hydrogen (secondary N) is 2. The fourth-order valence-corrected chi connectivity index (χ4v) is 1.58. The Morgan fingerprint density at radius 3 is 2.89 bits per heavy atom. The molecule has 0 aliphatic rings. The molecule has 0 saturated heterocycles. The molecule has 1 atom stereocenters. The van der Waals surface area contributed by atoms with Gasteiger partial charge in [0.05, 0.1) is 11.7 Å². The van der Waals surface area contributed by atoms with Crippen molar-refractivity contribution in [3.63, 3.8) is 0 Å². The molecule has 0 saturated carbocycles. The smallest absolute Gasteiger partial charge is 0.255 e. The van der Waals surface area contributed by atoms with Gasteiger partial charge < -0.3 is 20.6 Å². The Hall–Kier alpha value is -1.66. The van der Waals surface area contributed by atoms with Gasteiger partial charge in [-0.15, -0.1) is 0 Å². The van der Waals surface area contributed by atoms with Gasteiger partial charge in [0.15, 0.2) is 0 Å². The van der Waals surface area contributed by atoms with E-state index < -0.39 is 6.10 Å². The lowest BCUT2D eigenvalue weighted by atomic mass is 10.2. The second-order valence-corrected chi connectivity index (χ2v) is 4.28. The molecule has 0 unspecified atom stereocenters. The molecule has 6 nitrogen and oxygen atoms in total. The molecule has 18 heavy (non-hydrogen) atoms. The van der Waals surface area contributed by atoms with E-state index in [1.165, 1.54) is 0 Å². The first-order valence-corrected chi connectivity index (χ1v) is 5.78. The second kappa shape index (κ2) is 6.93. The highest BCUT2D eigenvalue weighted by Gasteiger charge is 2.13. The zero-order chi connectivity index (χ0) is 13.5. The number of carbonyl (C=O) groups is 1. The van der Waals surface area contributed by atoms with E-state index in [0.717, 1.165) is 0 Å². The van der Waals surface area contributed by atoms with Gasteiger partial charge in [-0.1, -0.05) is 0 Å². The number of nitrogens with zero attached hydrogens (tertiary/aromatic N) is 2. The summed E-state index contributed by atoms with van der Waals surface area (Å²) in [6, 6.07) is 3.39. The largest absolute Gasteiger partial charge is 0.390 e. The van der Waals surface area contributed by atoms with Crippen LogP contribution in [0.15, 0.2) is 18.3 Å². The van der Waals surface area contributed by atoms with Crippen molar-refractivity contribution in [3.05, 3.63) is 23.9 Å². The Morgan fingerprint density at radius 2 is 2.28 bits per heavy atom. The fraction of sp³-hybridized carbons (Fsp3) is 0.500. The van der Waals surface area contributed by atoms with Crippen molar-refractivity contribution in [2.45, 2.75) is 6.10 Å². The number of aliphatic hydroxyl groups is 1. The van der Waals surface area contributed by atoms with Crippen LogP contribution in [0.4, 0.5) is 5.82 Å². The summed E-state index contributed by atoms with van der Waals surface area (Å²) in [5.41, 5.74) is 0.469. The van der Waals surface area contributed by atoms with Crippen LogP contribution in [0, 0.1) is 0 Å². The van der Waals surface area contributed by atoms with Crippen molar-refractivity contribution >= 4 is 11.7 Å². The van der Waals surface area contributed by atoms with E-state index in [1.807, 2.05) is 19.0 Å². The van der Waals surface area contributed by atoms with Gasteiger partial charge in [0.2, 0.25) is 0 Å². The lowest BCUT2D eigenvalue weighted by Crippen LogP contribution is -2.37. The lowest BCUT2D eigenvalue weighted by Gasteiger charge is -2.16. The predicted molar refractivity (Wildman–Crippen MR) is 70.7 cm³/mol. The maximum Gasteiger partial charge on any atom is 0.255 e. The summed E-state index contributed by atoms with van der Waals surface area (Å²) in [5.74, 6) is 0.280. The zero-order valence-electron chi connectivity index (χ0n) is 11.0. The molecular formula is C12H20N4O2. The fourth-order valence-electron chi connectivity index (χ4n) is 1.58. The molecule has 1 aromatic rings. The van der Waals surface area contributed by atoms with E-state index in [1.54, 1.807) is 25.4 Å². The Morgan fingerprint density at radius 1 is 1.56 bits per heavy atom. The number of rotatable bonds is 6. The summed E-state index contributed by atoms with van der Waals surface area (Å²) in [5, 5.41) is 15.2. The number of carbonyl (C=O) groups excluding carboxylic acids is 1. The maximum atomic E-state index is 11.9. The summed E-state index contributed by atoms with van der Waals surface area (Å²) < 4.78 is 0. The average Bonchev–Trinajstić information content (AvgIpc) is 2.35. The van der Waals surface area contributed by atoms with Crippen LogP contribution in [-0.4, -0.2) is 61.2 Å². The van der Waals surface area contributed by atoms with Crippen LogP contribution < -0.4 is 10.6 Å². The molecule has 6 heteroatoms. The number of aromatic nitrogens is 1. The molecule has 0 radical (unpaired) electrons. The highest BCUT2D eigenvalue weighted by molar-refractivity contribution is 5.98. The minimum absolute atomic E-state index is 0.217. The molecule has 0 fully saturated rings. The van der Waals surface area contributed by atoms with Crippen LogP contribution in [0.1, 0.15) is 10.4 Å². The summed E-state index contributed by atoms with van der Waals surface area (Å²) >= 11 is 0. The van der Waals surface area contributed by atoms with Crippen molar-refractivity contribution in [1.29, 1.82) is 0 Å². The molecule has 0 bridgehead atoms. The van der Waals surface area contributed by atoms with Crippen LogP contribution in [0.5, 0.6) is 0 Å². The minimum atomic E-state index is -0.585. The number of hydrogen-bond donors (Lipinski definition) is 3. The zero-order valence-corrected chi connectivity index (χ0v) is 11.0. The molecular weight excluding hydrogens is 232 g/mol. The maximum absolute atomic E-state index is 11.9. The summed E-state index contributed by atoms with van der Waals surface area (Å²) in [6.45, 7) is 0.723. The van der Waals surface area contributed by atoms with Crippen LogP contribution in [-0.2, 0) is 0 Å². The molecule has 0 aromatic carbocycles. The Kier molecular flexibility index (Phi) is 5.54. The highest BCUT2D eigenvalue weighted by atomic mass is 16.3. The molecule has 0 aliphatic carbocycles. The normalized spacial score (nSPS) is 12.3. The molecule has 1 amide bonds. The van der Waals surface area contributed by atoms with Gasteiger partial charge in [-0.3, -0.25) is 4.79 Å². The average molecular weight is 252 g/mol.